The van der Waals surface area contributed by atoms with Crippen molar-refractivity contribution in [2.75, 3.05) is 5.73 Å². The summed E-state index contributed by atoms with van der Waals surface area (Å²) in [5, 5.41) is 9.18. The molecule has 0 spiro atoms. The first-order valence-electron chi connectivity index (χ1n) is 5.50. The minimum Gasteiger partial charge on any atom is -0.478 e. The average molecular weight is 279 g/mol. The van der Waals surface area contributed by atoms with Crippen LogP contribution >= 0.6 is 23.1 Å². The van der Waals surface area contributed by atoms with Crippen LogP contribution in [0.25, 0.3) is 0 Å². The molecule has 1 aromatic carbocycles. The predicted molar refractivity (Wildman–Crippen MR) is 75.6 cm³/mol. The summed E-state index contributed by atoms with van der Waals surface area (Å²) >= 11 is 2.94. The predicted octanol–water partition coefficient (Wildman–Crippen LogP) is 3.74. The Kier molecular flexibility index (Phi) is 3.93. The fourth-order valence-electron chi connectivity index (χ4n) is 1.50. The van der Waals surface area contributed by atoms with Crippen LogP contribution in [0.1, 0.15) is 22.2 Å². The van der Waals surface area contributed by atoms with Crippen molar-refractivity contribution in [3.63, 3.8) is 0 Å². The summed E-state index contributed by atoms with van der Waals surface area (Å²) in [5.41, 5.74) is 6.91. The van der Waals surface area contributed by atoms with Gasteiger partial charge in [0.2, 0.25) is 0 Å². The third-order valence-corrected chi connectivity index (χ3v) is 5.02. The number of thiophene rings is 1. The van der Waals surface area contributed by atoms with Gasteiger partial charge in [-0.3, -0.25) is 0 Å². The number of aryl methyl sites for hydroxylation is 1. The van der Waals surface area contributed by atoms with Gasteiger partial charge in [0.25, 0.3) is 0 Å². The van der Waals surface area contributed by atoms with Crippen molar-refractivity contribution in [1.82, 2.24) is 0 Å². The fourth-order valence-corrected chi connectivity index (χ4v) is 3.86. The van der Waals surface area contributed by atoms with E-state index in [0.717, 1.165) is 20.4 Å². The molecule has 0 aliphatic rings. The fraction of sp³-hybridized carbons (Fsp3) is 0.154. The first-order valence-corrected chi connectivity index (χ1v) is 7.13. The molecule has 0 aliphatic carbocycles. The topological polar surface area (TPSA) is 63.3 Å². The van der Waals surface area contributed by atoms with E-state index in [1.807, 2.05) is 31.2 Å². The lowest BCUT2D eigenvalue weighted by Crippen LogP contribution is -1.95. The van der Waals surface area contributed by atoms with Gasteiger partial charge < -0.3 is 10.8 Å². The molecule has 2 aromatic rings. The van der Waals surface area contributed by atoms with Crippen LogP contribution in [0.4, 0.5) is 5.69 Å². The summed E-state index contributed by atoms with van der Waals surface area (Å²) in [5.74, 6) is -0.886. The van der Waals surface area contributed by atoms with E-state index in [-0.39, 0.29) is 0 Å². The van der Waals surface area contributed by atoms with E-state index < -0.39 is 5.97 Å². The number of hydrogen-bond acceptors (Lipinski definition) is 4. The molecule has 0 fully saturated rings. The van der Waals surface area contributed by atoms with Crippen LogP contribution in [-0.2, 0) is 6.42 Å². The molecule has 0 atom stereocenters. The van der Waals surface area contributed by atoms with Crippen LogP contribution in [0.15, 0.2) is 39.4 Å². The van der Waals surface area contributed by atoms with E-state index in [4.69, 9.17) is 5.73 Å². The molecule has 0 bridgehead atoms. The lowest BCUT2D eigenvalue weighted by atomic mass is 10.3. The van der Waals surface area contributed by atoms with E-state index in [0.29, 0.717) is 11.3 Å². The standard InChI is InChI=1S/C13H13NO2S2/c1-2-8-7-9(12(15)16)13(17-8)18-11-6-4-3-5-10(11)14/h3-7H,2,14H2,1H3,(H,15,16). The SMILES string of the molecule is CCc1cc(C(=O)O)c(Sc2ccccc2N)s1. The molecule has 1 aromatic heterocycles. The van der Waals surface area contributed by atoms with Gasteiger partial charge in [0.15, 0.2) is 0 Å². The maximum Gasteiger partial charge on any atom is 0.337 e. The molecule has 0 aliphatic heterocycles. The molecule has 0 saturated heterocycles. The van der Waals surface area contributed by atoms with Crippen LogP contribution in [0.5, 0.6) is 0 Å². The van der Waals surface area contributed by atoms with Crippen LogP contribution in [0.2, 0.25) is 0 Å². The summed E-state index contributed by atoms with van der Waals surface area (Å²) in [4.78, 5) is 13.2. The number of para-hydroxylation sites is 1. The van der Waals surface area contributed by atoms with Crippen LogP contribution in [-0.4, -0.2) is 11.1 Å². The minimum absolute atomic E-state index is 0.366. The molecule has 3 nitrogen and oxygen atoms in total. The Balaban J connectivity index is 2.36. The molecule has 2 rings (SSSR count). The van der Waals surface area contributed by atoms with E-state index in [9.17, 15) is 9.90 Å². The lowest BCUT2D eigenvalue weighted by Gasteiger charge is -2.03. The van der Waals surface area contributed by atoms with Crippen molar-refractivity contribution in [3.8, 4) is 0 Å². The van der Waals surface area contributed by atoms with Crippen molar-refractivity contribution in [1.29, 1.82) is 0 Å². The monoisotopic (exact) mass is 279 g/mol. The van der Waals surface area contributed by atoms with Gasteiger partial charge >= 0.3 is 5.97 Å². The molecule has 0 amide bonds. The first-order chi connectivity index (χ1) is 8.61. The summed E-state index contributed by atoms with van der Waals surface area (Å²) < 4.78 is 0.789. The van der Waals surface area contributed by atoms with Crippen molar-refractivity contribution in [2.45, 2.75) is 22.4 Å². The van der Waals surface area contributed by atoms with Crippen LogP contribution in [0.3, 0.4) is 0 Å². The zero-order valence-corrected chi connectivity index (χ0v) is 11.5. The highest BCUT2D eigenvalue weighted by Crippen LogP contribution is 2.39. The van der Waals surface area contributed by atoms with Crippen molar-refractivity contribution >= 4 is 34.8 Å². The molecule has 18 heavy (non-hydrogen) atoms. The van der Waals surface area contributed by atoms with Gasteiger partial charge in [-0.05, 0) is 24.6 Å². The van der Waals surface area contributed by atoms with E-state index >= 15 is 0 Å². The highest BCUT2D eigenvalue weighted by atomic mass is 32.2. The van der Waals surface area contributed by atoms with Gasteiger partial charge in [0.05, 0.1) is 9.77 Å². The summed E-state index contributed by atoms with van der Waals surface area (Å²) in [6.45, 7) is 2.02. The molecular formula is C13H13NO2S2. The molecular weight excluding hydrogens is 266 g/mol. The molecule has 5 heteroatoms. The second kappa shape index (κ2) is 5.46. The van der Waals surface area contributed by atoms with E-state index in [1.165, 1.54) is 23.1 Å². The average Bonchev–Trinajstić information content (AvgIpc) is 2.75. The number of nitrogen functional groups attached to an aromatic ring is 1. The summed E-state index contributed by atoms with van der Waals surface area (Å²) in [6.07, 6.45) is 0.843. The number of nitrogens with two attached hydrogens (primary N) is 1. The van der Waals surface area contributed by atoms with Gasteiger partial charge in [0.1, 0.15) is 0 Å². The largest absolute Gasteiger partial charge is 0.478 e. The maximum atomic E-state index is 11.2. The Morgan fingerprint density at radius 2 is 2.17 bits per heavy atom. The molecule has 0 unspecified atom stereocenters. The highest BCUT2D eigenvalue weighted by Gasteiger charge is 2.16. The van der Waals surface area contributed by atoms with Crippen molar-refractivity contribution < 1.29 is 9.90 Å². The number of carboxylic acid groups (broad SMARTS) is 1. The number of carboxylic acids is 1. The Morgan fingerprint density at radius 1 is 1.44 bits per heavy atom. The van der Waals surface area contributed by atoms with Gasteiger partial charge in [-0.15, -0.1) is 11.3 Å². The Morgan fingerprint density at radius 3 is 2.78 bits per heavy atom. The summed E-state index contributed by atoms with van der Waals surface area (Å²) in [7, 11) is 0. The molecule has 0 radical (unpaired) electrons. The van der Waals surface area contributed by atoms with Gasteiger partial charge in [0, 0.05) is 15.5 Å². The number of hydrogen-bond donors (Lipinski definition) is 2. The van der Waals surface area contributed by atoms with Crippen molar-refractivity contribution in [3.05, 3.63) is 40.8 Å². The van der Waals surface area contributed by atoms with Gasteiger partial charge in [-0.1, -0.05) is 30.8 Å². The second-order valence-corrected chi connectivity index (χ2v) is 6.16. The summed E-state index contributed by atoms with van der Waals surface area (Å²) in [6, 6.07) is 9.22. The highest BCUT2D eigenvalue weighted by molar-refractivity contribution is 8.01. The normalized spacial score (nSPS) is 10.5. The lowest BCUT2D eigenvalue weighted by molar-refractivity contribution is 0.0694. The molecule has 1 heterocycles. The number of anilines is 1. The van der Waals surface area contributed by atoms with E-state index in [2.05, 4.69) is 0 Å². The third kappa shape index (κ3) is 2.68. The molecule has 3 N–H and O–H groups in total. The second-order valence-electron chi connectivity index (χ2n) is 3.71. The number of benzene rings is 1. The number of carbonyl (C=O) groups is 1. The quantitative estimate of drug-likeness (QED) is 0.837. The maximum absolute atomic E-state index is 11.2. The number of aromatic carboxylic acids is 1. The zero-order valence-electron chi connectivity index (χ0n) is 9.84. The Bertz CT molecular complexity index is 578. The smallest absolute Gasteiger partial charge is 0.337 e. The molecule has 0 saturated carbocycles. The van der Waals surface area contributed by atoms with Crippen LogP contribution < -0.4 is 5.73 Å². The Hall–Kier alpha value is -1.46. The molecule has 94 valence electrons. The zero-order chi connectivity index (χ0) is 13.1. The van der Waals surface area contributed by atoms with Crippen molar-refractivity contribution in [2.24, 2.45) is 0 Å². The Labute approximate surface area is 114 Å². The third-order valence-electron chi connectivity index (χ3n) is 2.45. The minimum atomic E-state index is -0.886. The number of rotatable bonds is 4. The van der Waals surface area contributed by atoms with Gasteiger partial charge in [-0.2, -0.15) is 0 Å². The van der Waals surface area contributed by atoms with Gasteiger partial charge in [-0.25, -0.2) is 4.79 Å². The van der Waals surface area contributed by atoms with E-state index in [1.54, 1.807) is 6.07 Å². The van der Waals surface area contributed by atoms with Crippen LogP contribution in [0, 0.1) is 0 Å². The first kappa shape index (κ1) is 13.0.